The summed E-state index contributed by atoms with van der Waals surface area (Å²) in [5, 5.41) is 13.2. The highest BCUT2D eigenvalue weighted by Gasteiger charge is 2.21. The molecular formula is C11H18N4O2S2. The molecule has 1 atom stereocenters. The lowest BCUT2D eigenvalue weighted by molar-refractivity contribution is -0.119. The largest absolute Gasteiger partial charge is 0.333 e. The van der Waals surface area contributed by atoms with Gasteiger partial charge in [0.2, 0.25) is 5.91 Å². The summed E-state index contributed by atoms with van der Waals surface area (Å²) in [6.45, 7) is 9.11. The molecule has 0 unspecified atom stereocenters. The Labute approximate surface area is 120 Å². The van der Waals surface area contributed by atoms with E-state index in [9.17, 15) is 9.59 Å². The fourth-order valence-corrected chi connectivity index (χ4v) is 3.08. The molecule has 1 rings (SSSR count). The van der Waals surface area contributed by atoms with Crippen LogP contribution in [0.5, 0.6) is 0 Å². The first-order valence-electron chi connectivity index (χ1n) is 5.77. The molecule has 1 heterocycles. The fraction of sp³-hybridized carbons (Fsp3) is 0.636. The second-order valence-electron chi connectivity index (χ2n) is 5.04. The third-order valence-electron chi connectivity index (χ3n) is 1.88. The monoisotopic (exact) mass is 302 g/mol. The molecule has 8 heteroatoms. The van der Waals surface area contributed by atoms with Crippen LogP contribution in [0.3, 0.4) is 0 Å². The highest BCUT2D eigenvalue weighted by atomic mass is 32.2. The molecular weight excluding hydrogens is 284 g/mol. The first-order valence-corrected chi connectivity index (χ1v) is 7.47. The summed E-state index contributed by atoms with van der Waals surface area (Å²) >= 11 is 2.71. The molecule has 2 N–H and O–H groups in total. The molecule has 0 fully saturated rings. The number of rotatable bonds is 3. The zero-order valence-electron chi connectivity index (χ0n) is 11.6. The Balaban J connectivity index is 2.47. The van der Waals surface area contributed by atoms with E-state index in [1.54, 1.807) is 6.92 Å². The first-order chi connectivity index (χ1) is 8.67. The van der Waals surface area contributed by atoms with Gasteiger partial charge in [0.15, 0.2) is 4.34 Å². The molecule has 19 heavy (non-hydrogen) atoms. The van der Waals surface area contributed by atoms with Crippen LogP contribution in [0, 0.1) is 6.92 Å². The minimum absolute atomic E-state index is 0.348. The predicted molar refractivity (Wildman–Crippen MR) is 76.4 cm³/mol. The highest BCUT2D eigenvalue weighted by molar-refractivity contribution is 8.02. The van der Waals surface area contributed by atoms with Gasteiger partial charge in [-0.2, -0.15) is 0 Å². The van der Waals surface area contributed by atoms with Crippen molar-refractivity contribution in [2.45, 2.75) is 49.7 Å². The number of thioether (sulfide) groups is 1. The van der Waals surface area contributed by atoms with Crippen molar-refractivity contribution in [1.82, 2.24) is 20.8 Å². The number of amides is 3. The normalized spacial score (nSPS) is 12.9. The second-order valence-corrected chi connectivity index (χ2v) is 7.81. The molecule has 106 valence electrons. The molecule has 3 amide bonds. The van der Waals surface area contributed by atoms with Crippen LogP contribution in [0.1, 0.15) is 32.7 Å². The van der Waals surface area contributed by atoms with E-state index in [-0.39, 0.29) is 11.4 Å². The highest BCUT2D eigenvalue weighted by Crippen LogP contribution is 2.26. The number of carbonyl (C=O) groups is 2. The molecule has 1 aromatic rings. The Morgan fingerprint density at radius 1 is 1.32 bits per heavy atom. The summed E-state index contributed by atoms with van der Waals surface area (Å²) < 4.78 is 0.719. The molecule has 1 aromatic heterocycles. The van der Waals surface area contributed by atoms with Gasteiger partial charge in [-0.1, -0.05) is 23.1 Å². The third-order valence-corrected chi connectivity index (χ3v) is 3.90. The maximum Gasteiger partial charge on any atom is 0.321 e. The lowest BCUT2D eigenvalue weighted by atomic mass is 10.1. The Hall–Kier alpha value is -1.15. The van der Waals surface area contributed by atoms with Crippen LogP contribution in [-0.4, -0.2) is 32.9 Å². The lowest BCUT2D eigenvalue weighted by Crippen LogP contribution is -2.49. The average molecular weight is 302 g/mol. The van der Waals surface area contributed by atoms with Crippen LogP contribution in [-0.2, 0) is 4.79 Å². The number of hydrogen-bond donors (Lipinski definition) is 2. The molecule has 0 aliphatic rings. The van der Waals surface area contributed by atoms with Crippen molar-refractivity contribution in [3.63, 3.8) is 0 Å². The summed E-state index contributed by atoms with van der Waals surface area (Å²) in [5.74, 6) is -0.348. The minimum atomic E-state index is -0.488. The summed E-state index contributed by atoms with van der Waals surface area (Å²) in [7, 11) is 0. The van der Waals surface area contributed by atoms with Gasteiger partial charge < -0.3 is 5.32 Å². The van der Waals surface area contributed by atoms with E-state index in [0.717, 1.165) is 9.35 Å². The van der Waals surface area contributed by atoms with Crippen LogP contribution in [0.2, 0.25) is 0 Å². The van der Waals surface area contributed by atoms with E-state index >= 15 is 0 Å². The fourth-order valence-electron chi connectivity index (χ4n) is 1.12. The van der Waals surface area contributed by atoms with Gasteiger partial charge in [0.1, 0.15) is 5.01 Å². The summed E-state index contributed by atoms with van der Waals surface area (Å²) in [6, 6.07) is -0.488. The minimum Gasteiger partial charge on any atom is -0.333 e. The Kier molecular flexibility index (Phi) is 5.30. The molecule has 0 saturated carbocycles. The molecule has 0 spiro atoms. The van der Waals surface area contributed by atoms with Crippen molar-refractivity contribution in [1.29, 1.82) is 0 Å². The van der Waals surface area contributed by atoms with E-state index < -0.39 is 11.3 Å². The SMILES string of the molecule is Cc1nnc(S[C@@H](C)C(=O)NC(=O)NC(C)(C)C)s1. The first kappa shape index (κ1) is 15.9. The summed E-state index contributed by atoms with van der Waals surface area (Å²) in [5.41, 5.74) is -0.378. The van der Waals surface area contributed by atoms with Crippen LogP contribution < -0.4 is 10.6 Å². The lowest BCUT2D eigenvalue weighted by Gasteiger charge is -2.20. The van der Waals surface area contributed by atoms with E-state index in [0.29, 0.717) is 0 Å². The van der Waals surface area contributed by atoms with E-state index in [4.69, 9.17) is 0 Å². The zero-order valence-corrected chi connectivity index (χ0v) is 13.2. The Morgan fingerprint density at radius 2 is 1.95 bits per heavy atom. The smallest absolute Gasteiger partial charge is 0.321 e. The second kappa shape index (κ2) is 6.33. The number of imide groups is 1. The average Bonchev–Trinajstić information content (AvgIpc) is 2.60. The summed E-state index contributed by atoms with van der Waals surface area (Å²) in [6.07, 6.45) is 0. The summed E-state index contributed by atoms with van der Waals surface area (Å²) in [4.78, 5) is 23.4. The van der Waals surface area contributed by atoms with Gasteiger partial charge in [-0.05, 0) is 34.6 Å². The number of urea groups is 1. The van der Waals surface area contributed by atoms with Crippen molar-refractivity contribution in [3.8, 4) is 0 Å². The van der Waals surface area contributed by atoms with Crippen LogP contribution >= 0.6 is 23.1 Å². The van der Waals surface area contributed by atoms with Crippen LogP contribution in [0.4, 0.5) is 4.79 Å². The molecule has 0 aliphatic heterocycles. The van der Waals surface area contributed by atoms with Crippen LogP contribution in [0.15, 0.2) is 4.34 Å². The quantitative estimate of drug-likeness (QED) is 0.834. The Morgan fingerprint density at radius 3 is 2.42 bits per heavy atom. The Bertz CT molecular complexity index is 468. The zero-order chi connectivity index (χ0) is 14.6. The molecule has 0 saturated heterocycles. The number of aryl methyl sites for hydroxylation is 1. The van der Waals surface area contributed by atoms with Gasteiger partial charge in [-0.25, -0.2) is 4.79 Å². The van der Waals surface area contributed by atoms with E-state index in [2.05, 4.69) is 20.8 Å². The van der Waals surface area contributed by atoms with E-state index in [1.807, 2.05) is 27.7 Å². The standard InChI is InChI=1S/C11H18N4O2S2/c1-6(18-10-15-14-7(2)19-10)8(16)12-9(17)13-11(3,4)5/h6H,1-5H3,(H2,12,13,16,17)/t6-/m0/s1. The predicted octanol–water partition coefficient (Wildman–Crippen LogP) is 1.95. The maximum absolute atomic E-state index is 11.8. The van der Waals surface area contributed by atoms with Gasteiger partial charge >= 0.3 is 6.03 Å². The van der Waals surface area contributed by atoms with Crippen molar-refractivity contribution >= 4 is 35.0 Å². The third kappa shape index (κ3) is 6.02. The van der Waals surface area contributed by atoms with Gasteiger partial charge in [0.25, 0.3) is 0 Å². The molecule has 0 aromatic carbocycles. The van der Waals surface area contributed by atoms with Gasteiger partial charge in [-0.3, -0.25) is 10.1 Å². The number of aromatic nitrogens is 2. The molecule has 0 radical (unpaired) electrons. The van der Waals surface area contributed by atoms with Gasteiger partial charge in [0.05, 0.1) is 5.25 Å². The van der Waals surface area contributed by atoms with Gasteiger partial charge in [-0.15, -0.1) is 10.2 Å². The molecule has 0 aliphatic carbocycles. The van der Waals surface area contributed by atoms with Gasteiger partial charge in [0, 0.05) is 5.54 Å². The van der Waals surface area contributed by atoms with Crippen molar-refractivity contribution in [3.05, 3.63) is 5.01 Å². The van der Waals surface area contributed by atoms with Crippen molar-refractivity contribution in [2.24, 2.45) is 0 Å². The number of nitrogens with zero attached hydrogens (tertiary/aromatic N) is 2. The van der Waals surface area contributed by atoms with Crippen LogP contribution in [0.25, 0.3) is 0 Å². The molecule has 6 nitrogen and oxygen atoms in total. The number of carbonyl (C=O) groups excluding carboxylic acids is 2. The van der Waals surface area contributed by atoms with Crippen molar-refractivity contribution < 1.29 is 9.59 Å². The number of hydrogen-bond acceptors (Lipinski definition) is 6. The molecule has 0 bridgehead atoms. The maximum atomic E-state index is 11.8. The van der Waals surface area contributed by atoms with E-state index in [1.165, 1.54) is 23.1 Å². The van der Waals surface area contributed by atoms with Crippen molar-refractivity contribution in [2.75, 3.05) is 0 Å². The topological polar surface area (TPSA) is 84.0 Å². The number of nitrogens with one attached hydrogen (secondary N) is 2.